The van der Waals surface area contributed by atoms with Crippen molar-refractivity contribution in [1.82, 2.24) is 30.0 Å². The fraction of sp³-hybridized carbons (Fsp3) is 0.444. The molecule has 1 N–H and O–H groups in total. The highest BCUT2D eigenvalue weighted by Gasteiger charge is 2.64. The van der Waals surface area contributed by atoms with Crippen LogP contribution in [0.4, 0.5) is 0 Å². The minimum absolute atomic E-state index is 0.0211. The van der Waals surface area contributed by atoms with Gasteiger partial charge in [0.05, 0.1) is 5.52 Å². The van der Waals surface area contributed by atoms with Crippen molar-refractivity contribution in [3.63, 3.8) is 0 Å². The summed E-state index contributed by atoms with van der Waals surface area (Å²) in [7, 11) is 0. The Balaban J connectivity index is 1.12. The van der Waals surface area contributed by atoms with Gasteiger partial charge in [0.15, 0.2) is 5.78 Å². The van der Waals surface area contributed by atoms with E-state index >= 15 is 0 Å². The third-order valence-electron chi connectivity index (χ3n) is 9.53. The molecule has 1 aliphatic carbocycles. The fourth-order valence-electron chi connectivity index (χ4n) is 6.96. The molecule has 0 radical (unpaired) electrons. The van der Waals surface area contributed by atoms with Gasteiger partial charge in [-0.1, -0.05) is 50.1 Å². The standard InChI is InChI=1S/C36H42N6O3/c1-23-16-27(28-20-38-25(3)39-21-28)17-29-33(24(2)43)40-41(34(23)29)22-32(44)42-30(18-36(4)19-31(36)42)35(45)37-15-11-6-5-8-12-26-13-9-7-10-14-26/h7,9-10,13-14,16-17,20-21,30-31H,5-6,8,11-12,15,18-19,22H2,1-4H3,(H,37,45)/t30-,31+,36-/m0/s1. The summed E-state index contributed by atoms with van der Waals surface area (Å²) in [6, 6.07) is 14.0. The van der Waals surface area contributed by atoms with Crippen LogP contribution in [0.25, 0.3) is 22.0 Å². The van der Waals surface area contributed by atoms with Crippen LogP contribution >= 0.6 is 0 Å². The summed E-state index contributed by atoms with van der Waals surface area (Å²) in [5.74, 6) is 0.299. The van der Waals surface area contributed by atoms with Crippen molar-refractivity contribution >= 4 is 28.5 Å². The number of hydrogen-bond acceptors (Lipinski definition) is 6. The first-order valence-corrected chi connectivity index (χ1v) is 16.1. The molecule has 0 spiro atoms. The quantitative estimate of drug-likeness (QED) is 0.166. The summed E-state index contributed by atoms with van der Waals surface area (Å²) in [6.07, 6.45) is 10.4. The Bertz CT molecular complexity index is 1730. The smallest absolute Gasteiger partial charge is 0.245 e. The largest absolute Gasteiger partial charge is 0.354 e. The van der Waals surface area contributed by atoms with Gasteiger partial charge >= 0.3 is 0 Å². The number of rotatable bonds is 12. The van der Waals surface area contributed by atoms with Gasteiger partial charge in [-0.15, -0.1) is 0 Å². The van der Waals surface area contributed by atoms with Gasteiger partial charge in [0.1, 0.15) is 24.1 Å². The Labute approximate surface area is 264 Å². The number of carbonyl (C=O) groups excluding carboxylic acids is 3. The molecule has 2 aromatic carbocycles. The number of fused-ring (bicyclic) bond motifs is 2. The zero-order valence-corrected chi connectivity index (χ0v) is 26.7. The number of unbranched alkanes of at least 4 members (excludes halogenated alkanes) is 3. The van der Waals surface area contributed by atoms with E-state index in [1.165, 1.54) is 12.5 Å². The number of ketones is 1. The number of Topliss-reactive ketones (excluding diaryl/α,β-unsaturated/α-hetero) is 1. The number of benzene rings is 2. The molecular formula is C36H42N6O3. The number of amides is 2. The number of carbonyl (C=O) groups is 3. The van der Waals surface area contributed by atoms with Crippen LogP contribution in [0.2, 0.25) is 0 Å². The molecule has 2 fully saturated rings. The van der Waals surface area contributed by atoms with Crippen LogP contribution in [0.5, 0.6) is 0 Å². The Morgan fingerprint density at radius 2 is 1.69 bits per heavy atom. The molecule has 1 saturated heterocycles. The highest BCUT2D eigenvalue weighted by atomic mass is 16.2. The zero-order chi connectivity index (χ0) is 31.7. The SMILES string of the molecule is CC(=O)c1nn(CC(=O)N2[C@H](C(=O)NCCCCCCc3ccccc3)C[C@@]3(C)C[C@@H]23)c2c(C)cc(-c3cnc(C)nc3)cc12. The van der Waals surface area contributed by atoms with Gasteiger partial charge in [-0.2, -0.15) is 5.10 Å². The van der Waals surface area contributed by atoms with Crippen LogP contribution in [0.1, 0.15) is 79.8 Å². The summed E-state index contributed by atoms with van der Waals surface area (Å²) >= 11 is 0. The minimum atomic E-state index is -0.484. The molecule has 0 unspecified atom stereocenters. The second-order valence-electron chi connectivity index (χ2n) is 13.1. The molecule has 2 aromatic heterocycles. The molecule has 2 aliphatic rings. The highest BCUT2D eigenvalue weighted by Crippen LogP contribution is 2.59. The normalized spacial score (nSPS) is 20.3. The lowest BCUT2D eigenvalue weighted by atomic mass is 10.0. The van der Waals surface area contributed by atoms with Crippen LogP contribution in [0.3, 0.4) is 0 Å². The van der Waals surface area contributed by atoms with Crippen LogP contribution in [0, 0.1) is 19.3 Å². The van der Waals surface area contributed by atoms with E-state index in [-0.39, 0.29) is 35.6 Å². The third-order valence-corrected chi connectivity index (χ3v) is 9.53. The Morgan fingerprint density at radius 3 is 2.42 bits per heavy atom. The zero-order valence-electron chi connectivity index (χ0n) is 26.7. The van der Waals surface area contributed by atoms with E-state index < -0.39 is 6.04 Å². The number of nitrogens with zero attached hydrogens (tertiary/aromatic N) is 5. The maximum atomic E-state index is 13.9. The molecule has 1 saturated carbocycles. The van der Waals surface area contributed by atoms with E-state index in [1.807, 2.05) is 32.0 Å². The fourth-order valence-corrected chi connectivity index (χ4v) is 6.96. The molecule has 3 atom stereocenters. The summed E-state index contributed by atoms with van der Waals surface area (Å²) in [6.45, 7) is 8.03. The molecule has 6 rings (SSSR count). The van der Waals surface area contributed by atoms with E-state index in [0.29, 0.717) is 29.9 Å². The average molecular weight is 607 g/mol. The number of piperidine rings is 1. The van der Waals surface area contributed by atoms with Crippen molar-refractivity contribution in [2.45, 2.75) is 91.3 Å². The highest BCUT2D eigenvalue weighted by molar-refractivity contribution is 6.07. The Morgan fingerprint density at radius 1 is 0.956 bits per heavy atom. The molecule has 45 heavy (non-hydrogen) atoms. The Hall–Kier alpha value is -4.40. The molecular weight excluding hydrogens is 564 g/mol. The average Bonchev–Trinajstić information content (AvgIpc) is 3.37. The predicted molar refractivity (Wildman–Crippen MR) is 174 cm³/mol. The van der Waals surface area contributed by atoms with E-state index in [2.05, 4.69) is 51.6 Å². The van der Waals surface area contributed by atoms with Gasteiger partial charge < -0.3 is 10.2 Å². The monoisotopic (exact) mass is 606 g/mol. The van der Waals surface area contributed by atoms with Gasteiger partial charge in [0, 0.05) is 42.9 Å². The van der Waals surface area contributed by atoms with Crippen LogP contribution in [0.15, 0.2) is 54.9 Å². The van der Waals surface area contributed by atoms with Gasteiger partial charge in [0.25, 0.3) is 0 Å². The molecule has 234 valence electrons. The summed E-state index contributed by atoms with van der Waals surface area (Å²) < 4.78 is 1.64. The van der Waals surface area contributed by atoms with Gasteiger partial charge in [-0.05, 0) is 80.2 Å². The van der Waals surface area contributed by atoms with Crippen molar-refractivity contribution in [3.05, 3.63) is 77.5 Å². The van der Waals surface area contributed by atoms with Crippen LogP contribution in [-0.4, -0.2) is 60.9 Å². The van der Waals surface area contributed by atoms with E-state index in [0.717, 1.165) is 60.7 Å². The molecule has 9 heteroatoms. The number of aromatic nitrogens is 4. The number of hydrogen-bond donors (Lipinski definition) is 1. The van der Waals surface area contributed by atoms with Gasteiger partial charge in [-0.25, -0.2) is 9.97 Å². The number of nitrogens with one attached hydrogen (secondary N) is 1. The van der Waals surface area contributed by atoms with Crippen molar-refractivity contribution in [1.29, 1.82) is 0 Å². The van der Waals surface area contributed by atoms with Gasteiger partial charge in [-0.3, -0.25) is 19.1 Å². The predicted octanol–water partition coefficient (Wildman–Crippen LogP) is 5.61. The minimum Gasteiger partial charge on any atom is -0.354 e. The molecule has 1 aliphatic heterocycles. The first-order chi connectivity index (χ1) is 21.6. The molecule has 0 bridgehead atoms. The van der Waals surface area contributed by atoms with Crippen molar-refractivity contribution in [2.24, 2.45) is 5.41 Å². The van der Waals surface area contributed by atoms with Crippen molar-refractivity contribution in [2.75, 3.05) is 6.54 Å². The van der Waals surface area contributed by atoms with E-state index in [1.54, 1.807) is 22.0 Å². The topological polar surface area (TPSA) is 110 Å². The molecule has 2 amide bonds. The van der Waals surface area contributed by atoms with E-state index in [4.69, 9.17) is 0 Å². The Kier molecular flexibility index (Phi) is 8.53. The maximum absolute atomic E-state index is 13.9. The first kappa shape index (κ1) is 30.6. The number of aryl methyl sites for hydroxylation is 3. The lowest BCUT2D eigenvalue weighted by molar-refractivity contribution is -0.140. The van der Waals surface area contributed by atoms with Crippen LogP contribution in [-0.2, 0) is 22.6 Å². The maximum Gasteiger partial charge on any atom is 0.245 e. The van der Waals surface area contributed by atoms with Crippen LogP contribution < -0.4 is 5.32 Å². The van der Waals surface area contributed by atoms with Crippen molar-refractivity contribution in [3.8, 4) is 11.1 Å². The molecule has 3 heterocycles. The van der Waals surface area contributed by atoms with E-state index in [9.17, 15) is 14.4 Å². The summed E-state index contributed by atoms with van der Waals surface area (Å²) in [5, 5.41) is 8.44. The number of likely N-dealkylation sites (tertiary alicyclic amines) is 1. The second kappa shape index (κ2) is 12.5. The summed E-state index contributed by atoms with van der Waals surface area (Å²) in [5.41, 5.74) is 5.04. The van der Waals surface area contributed by atoms with Gasteiger partial charge in [0.2, 0.25) is 11.8 Å². The van der Waals surface area contributed by atoms with Crippen molar-refractivity contribution < 1.29 is 14.4 Å². The molecule has 9 nitrogen and oxygen atoms in total. The lowest BCUT2D eigenvalue weighted by Crippen LogP contribution is -2.49. The lowest BCUT2D eigenvalue weighted by Gasteiger charge is -2.27. The third kappa shape index (κ3) is 6.39. The summed E-state index contributed by atoms with van der Waals surface area (Å²) in [4.78, 5) is 50.4. The second-order valence-corrected chi connectivity index (χ2v) is 13.1. The first-order valence-electron chi connectivity index (χ1n) is 16.1. The molecule has 4 aromatic rings.